The normalized spacial score (nSPS) is 22.5. The Bertz CT molecular complexity index is 603. The predicted molar refractivity (Wildman–Crippen MR) is 82.6 cm³/mol. The van der Waals surface area contributed by atoms with Crippen molar-refractivity contribution < 1.29 is 17.9 Å². The minimum absolute atomic E-state index is 0.0872. The van der Waals surface area contributed by atoms with Gasteiger partial charge in [-0.3, -0.25) is 0 Å². The first-order valence-electron chi connectivity index (χ1n) is 6.14. The molecule has 0 spiro atoms. The summed E-state index contributed by atoms with van der Waals surface area (Å²) in [6.07, 6.45) is 0.587. The highest BCUT2D eigenvalue weighted by molar-refractivity contribution is 9.10. The van der Waals surface area contributed by atoms with Gasteiger partial charge in [0.05, 0.1) is 31.1 Å². The van der Waals surface area contributed by atoms with Crippen LogP contribution in [0, 0.1) is 5.92 Å². The van der Waals surface area contributed by atoms with Crippen LogP contribution >= 0.6 is 27.5 Å². The van der Waals surface area contributed by atoms with Crippen molar-refractivity contribution in [1.29, 1.82) is 0 Å². The number of alkyl halides is 1. The molecule has 2 rings (SSSR count). The van der Waals surface area contributed by atoms with Gasteiger partial charge in [0.1, 0.15) is 16.0 Å². The molecule has 4 nitrogen and oxygen atoms in total. The van der Waals surface area contributed by atoms with Crippen LogP contribution in [0.4, 0.5) is 0 Å². The quantitative estimate of drug-likeness (QED) is 0.749. The van der Waals surface area contributed by atoms with E-state index in [1.165, 1.54) is 0 Å². The van der Waals surface area contributed by atoms with Crippen LogP contribution in [0.25, 0.3) is 0 Å². The third kappa shape index (κ3) is 3.07. The largest absolute Gasteiger partial charge is 0.495 e. The Hall–Kier alpha value is -0.460. The molecule has 1 aromatic rings. The molecule has 0 aromatic heterocycles. The molecule has 1 aromatic carbocycles. The molecule has 1 fully saturated rings. The van der Waals surface area contributed by atoms with Crippen LogP contribution in [0.1, 0.15) is 17.4 Å². The van der Waals surface area contributed by atoms with E-state index in [0.717, 1.165) is 5.56 Å². The van der Waals surface area contributed by atoms with Gasteiger partial charge in [-0.25, -0.2) is 8.42 Å². The number of hydrogen-bond acceptors (Lipinski definition) is 4. The van der Waals surface area contributed by atoms with Gasteiger partial charge in [-0.15, -0.1) is 11.6 Å². The number of hydrogen-bond donors (Lipinski definition) is 0. The van der Waals surface area contributed by atoms with E-state index < -0.39 is 15.2 Å². The van der Waals surface area contributed by atoms with Gasteiger partial charge in [-0.1, -0.05) is 6.07 Å². The van der Waals surface area contributed by atoms with Gasteiger partial charge in [-0.05, 0) is 34.3 Å². The highest BCUT2D eigenvalue weighted by Gasteiger charge is 2.35. The Balaban J connectivity index is 2.35. The number of rotatable bonds is 4. The van der Waals surface area contributed by atoms with Crippen molar-refractivity contribution >= 4 is 37.4 Å². The first kappa shape index (κ1) is 15.9. The zero-order valence-corrected chi connectivity index (χ0v) is 14.4. The fraction of sp³-hybridized carbons (Fsp3) is 0.538. The van der Waals surface area contributed by atoms with Gasteiger partial charge in [0.15, 0.2) is 9.84 Å². The average Bonchev–Trinajstić information content (AvgIpc) is 2.78. The Morgan fingerprint density at radius 2 is 2.05 bits per heavy atom. The van der Waals surface area contributed by atoms with Crippen LogP contribution < -0.4 is 9.47 Å². The minimum atomic E-state index is -2.95. The van der Waals surface area contributed by atoms with Crippen molar-refractivity contribution in [1.82, 2.24) is 0 Å². The molecule has 0 saturated carbocycles. The molecule has 1 aliphatic heterocycles. The lowest BCUT2D eigenvalue weighted by molar-refractivity contribution is 0.383. The fourth-order valence-corrected chi connectivity index (χ4v) is 5.46. The molecular weight excluding hydrogens is 368 g/mol. The number of halogens is 2. The molecule has 0 aliphatic carbocycles. The second-order valence-corrected chi connectivity index (χ2v) is 8.26. The molecule has 2 unspecified atom stereocenters. The van der Waals surface area contributed by atoms with Crippen molar-refractivity contribution in [2.45, 2.75) is 11.8 Å². The van der Waals surface area contributed by atoms with Crippen LogP contribution in [-0.4, -0.2) is 34.1 Å². The summed E-state index contributed by atoms with van der Waals surface area (Å²) in [7, 11) is 0.171. The van der Waals surface area contributed by atoms with Crippen molar-refractivity contribution in [3.8, 4) is 11.5 Å². The van der Waals surface area contributed by atoms with E-state index in [-0.39, 0.29) is 17.4 Å². The topological polar surface area (TPSA) is 52.6 Å². The number of ether oxygens (including phenoxy) is 2. The fourth-order valence-electron chi connectivity index (χ4n) is 2.44. The van der Waals surface area contributed by atoms with Gasteiger partial charge in [-0.2, -0.15) is 0 Å². The smallest absolute Gasteiger partial charge is 0.150 e. The van der Waals surface area contributed by atoms with Gasteiger partial charge in [0.2, 0.25) is 0 Å². The van der Waals surface area contributed by atoms with E-state index in [0.29, 0.717) is 22.4 Å². The minimum Gasteiger partial charge on any atom is -0.495 e. The molecule has 0 N–H and O–H groups in total. The van der Waals surface area contributed by atoms with Crippen LogP contribution in [0.2, 0.25) is 0 Å². The standard InChI is InChI=1S/C13H16BrClO4S/c1-18-10-4-3-9(13(19-2)11(10)14)12(15)8-5-6-20(16,17)7-8/h3-4,8,12H,5-7H2,1-2H3. The maximum atomic E-state index is 11.6. The lowest BCUT2D eigenvalue weighted by Crippen LogP contribution is -2.11. The van der Waals surface area contributed by atoms with E-state index in [1.807, 2.05) is 6.07 Å². The van der Waals surface area contributed by atoms with Gasteiger partial charge in [0, 0.05) is 5.56 Å². The molecule has 2 atom stereocenters. The summed E-state index contributed by atoms with van der Waals surface area (Å²) >= 11 is 9.91. The van der Waals surface area contributed by atoms with Gasteiger partial charge >= 0.3 is 0 Å². The van der Waals surface area contributed by atoms with E-state index in [2.05, 4.69) is 15.9 Å². The number of methoxy groups -OCH3 is 2. The molecule has 0 radical (unpaired) electrons. The van der Waals surface area contributed by atoms with Crippen LogP contribution in [0.15, 0.2) is 16.6 Å². The summed E-state index contributed by atoms with van der Waals surface area (Å²) in [5.74, 6) is 1.49. The molecular formula is C13H16BrClO4S. The Kier molecular flexibility index (Phi) is 4.87. The lowest BCUT2D eigenvalue weighted by Gasteiger charge is -2.20. The summed E-state index contributed by atoms with van der Waals surface area (Å²) < 4.78 is 34.5. The zero-order valence-electron chi connectivity index (χ0n) is 11.2. The third-order valence-electron chi connectivity index (χ3n) is 3.49. The molecule has 112 valence electrons. The molecule has 0 amide bonds. The van der Waals surface area contributed by atoms with E-state index in [9.17, 15) is 8.42 Å². The van der Waals surface area contributed by atoms with Gasteiger partial charge < -0.3 is 9.47 Å². The summed E-state index contributed by atoms with van der Waals surface area (Å²) in [6, 6.07) is 3.62. The van der Waals surface area contributed by atoms with Crippen molar-refractivity contribution in [2.24, 2.45) is 5.92 Å². The molecule has 1 aliphatic rings. The maximum absolute atomic E-state index is 11.6. The lowest BCUT2D eigenvalue weighted by atomic mass is 9.97. The predicted octanol–water partition coefficient (Wildman–Crippen LogP) is 3.18. The van der Waals surface area contributed by atoms with Crippen molar-refractivity contribution in [3.05, 3.63) is 22.2 Å². The average molecular weight is 384 g/mol. The Morgan fingerprint density at radius 3 is 2.55 bits per heavy atom. The second-order valence-electron chi connectivity index (χ2n) is 4.77. The summed E-state index contributed by atoms with van der Waals surface area (Å²) in [4.78, 5) is 0. The molecule has 1 heterocycles. The van der Waals surface area contributed by atoms with E-state index in [1.54, 1.807) is 20.3 Å². The monoisotopic (exact) mass is 382 g/mol. The highest BCUT2D eigenvalue weighted by Crippen LogP contribution is 2.45. The Morgan fingerprint density at radius 1 is 1.35 bits per heavy atom. The molecule has 0 bridgehead atoms. The molecule has 1 saturated heterocycles. The molecule has 7 heteroatoms. The van der Waals surface area contributed by atoms with Crippen molar-refractivity contribution in [3.63, 3.8) is 0 Å². The summed E-state index contributed by atoms with van der Waals surface area (Å²) in [6.45, 7) is 0. The molecule has 20 heavy (non-hydrogen) atoms. The second kappa shape index (κ2) is 6.12. The van der Waals surface area contributed by atoms with Crippen LogP contribution in [0.3, 0.4) is 0 Å². The first-order valence-corrected chi connectivity index (χ1v) is 9.19. The van der Waals surface area contributed by atoms with E-state index >= 15 is 0 Å². The Labute approximate surface area is 132 Å². The zero-order chi connectivity index (χ0) is 14.9. The SMILES string of the molecule is COc1ccc(C(Cl)C2CCS(=O)(=O)C2)c(OC)c1Br. The van der Waals surface area contributed by atoms with Crippen LogP contribution in [0.5, 0.6) is 11.5 Å². The summed E-state index contributed by atoms with van der Waals surface area (Å²) in [5, 5.41) is -0.399. The third-order valence-corrected chi connectivity index (χ3v) is 6.63. The van der Waals surface area contributed by atoms with Gasteiger partial charge in [0.25, 0.3) is 0 Å². The number of sulfone groups is 1. The summed E-state index contributed by atoms with van der Waals surface area (Å²) in [5.41, 5.74) is 0.781. The maximum Gasteiger partial charge on any atom is 0.150 e. The number of benzene rings is 1. The van der Waals surface area contributed by atoms with Crippen molar-refractivity contribution in [2.75, 3.05) is 25.7 Å². The first-order chi connectivity index (χ1) is 9.39. The van der Waals surface area contributed by atoms with E-state index in [4.69, 9.17) is 21.1 Å². The van der Waals surface area contributed by atoms with Crippen LogP contribution in [-0.2, 0) is 9.84 Å². The highest BCUT2D eigenvalue weighted by atomic mass is 79.9.